The zero-order chi connectivity index (χ0) is 10.6. The average Bonchev–Trinajstić information content (AvgIpc) is 2.26. The number of methoxy groups -OCH3 is 2. The minimum atomic E-state index is 0.557. The van der Waals surface area contributed by atoms with Gasteiger partial charge >= 0.3 is 0 Å². The molecule has 0 aromatic carbocycles. The van der Waals surface area contributed by atoms with Crippen molar-refractivity contribution in [3.63, 3.8) is 0 Å². The van der Waals surface area contributed by atoms with Gasteiger partial charge in [-0.15, -0.1) is 0 Å². The molecule has 1 aromatic heterocycles. The summed E-state index contributed by atoms with van der Waals surface area (Å²) in [7, 11) is 5.04. The van der Waals surface area contributed by atoms with Gasteiger partial charge in [0.2, 0.25) is 11.8 Å². The number of ether oxygens (including phenoxy) is 2. The van der Waals surface area contributed by atoms with E-state index in [1.54, 1.807) is 14.2 Å². The van der Waals surface area contributed by atoms with Gasteiger partial charge in [0.15, 0.2) is 0 Å². The lowest BCUT2D eigenvalue weighted by Crippen LogP contribution is -2.01. The van der Waals surface area contributed by atoms with E-state index in [1.165, 1.54) is 0 Å². The molecule has 0 atom stereocenters. The lowest BCUT2D eigenvalue weighted by atomic mass is 10.2. The topological polar surface area (TPSA) is 43.4 Å². The molecule has 0 spiro atoms. The highest BCUT2D eigenvalue weighted by molar-refractivity contribution is 5.56. The first kappa shape index (κ1) is 10.6. The molecule has 78 valence electrons. The van der Waals surface area contributed by atoms with Crippen LogP contribution in [0.25, 0.3) is 0 Å². The Hall–Kier alpha value is -1.45. The van der Waals surface area contributed by atoms with Crippen molar-refractivity contribution in [1.82, 2.24) is 4.98 Å². The van der Waals surface area contributed by atoms with Gasteiger partial charge < -0.3 is 14.8 Å². The number of hydrogen-bond acceptors (Lipinski definition) is 4. The fraction of sp³-hybridized carbons (Fsp3) is 0.500. The smallest absolute Gasteiger partial charge is 0.240 e. The molecule has 0 aliphatic heterocycles. The molecule has 0 radical (unpaired) electrons. The Morgan fingerprint density at radius 1 is 1.29 bits per heavy atom. The summed E-state index contributed by atoms with van der Waals surface area (Å²) >= 11 is 0. The molecular weight excluding hydrogens is 180 g/mol. The van der Waals surface area contributed by atoms with E-state index in [0.717, 1.165) is 17.7 Å². The summed E-state index contributed by atoms with van der Waals surface area (Å²) in [6.45, 7) is 2.06. The summed E-state index contributed by atoms with van der Waals surface area (Å²) in [5, 5.41) is 3.03. The third-order valence-electron chi connectivity index (χ3n) is 2.06. The second-order valence-electron chi connectivity index (χ2n) is 2.82. The Morgan fingerprint density at radius 3 is 2.36 bits per heavy atom. The number of hydrogen-bond donors (Lipinski definition) is 1. The molecule has 4 heteroatoms. The summed E-state index contributed by atoms with van der Waals surface area (Å²) in [5.41, 5.74) is 1.95. The molecule has 0 aliphatic carbocycles. The highest BCUT2D eigenvalue weighted by atomic mass is 16.5. The molecule has 0 unspecified atom stereocenters. The van der Waals surface area contributed by atoms with E-state index in [2.05, 4.69) is 17.2 Å². The van der Waals surface area contributed by atoms with Crippen LogP contribution in [0.3, 0.4) is 0 Å². The highest BCUT2D eigenvalue weighted by Crippen LogP contribution is 2.28. The van der Waals surface area contributed by atoms with Crippen molar-refractivity contribution in [3.8, 4) is 11.8 Å². The van der Waals surface area contributed by atoms with Crippen LogP contribution in [0.2, 0.25) is 0 Å². The zero-order valence-corrected chi connectivity index (χ0v) is 9.05. The van der Waals surface area contributed by atoms with E-state index in [0.29, 0.717) is 11.8 Å². The normalized spacial score (nSPS) is 9.71. The van der Waals surface area contributed by atoms with Crippen molar-refractivity contribution in [3.05, 3.63) is 11.6 Å². The van der Waals surface area contributed by atoms with E-state index >= 15 is 0 Å². The molecule has 14 heavy (non-hydrogen) atoms. The number of nitrogens with one attached hydrogen (secondary N) is 1. The van der Waals surface area contributed by atoms with Crippen LogP contribution in [0.1, 0.15) is 12.5 Å². The van der Waals surface area contributed by atoms with Gasteiger partial charge in [0.25, 0.3) is 0 Å². The molecule has 4 nitrogen and oxygen atoms in total. The van der Waals surface area contributed by atoms with Gasteiger partial charge in [0.1, 0.15) is 0 Å². The maximum absolute atomic E-state index is 5.16. The third kappa shape index (κ3) is 1.89. The third-order valence-corrected chi connectivity index (χ3v) is 2.06. The lowest BCUT2D eigenvalue weighted by molar-refractivity contribution is 0.363. The maximum Gasteiger partial charge on any atom is 0.240 e. The van der Waals surface area contributed by atoms with Crippen LogP contribution < -0.4 is 14.8 Å². The van der Waals surface area contributed by atoms with Crippen LogP contribution in [-0.4, -0.2) is 26.3 Å². The van der Waals surface area contributed by atoms with E-state index in [4.69, 9.17) is 9.47 Å². The van der Waals surface area contributed by atoms with Gasteiger partial charge in [-0.1, -0.05) is 6.92 Å². The first-order valence-electron chi connectivity index (χ1n) is 4.56. The minimum Gasteiger partial charge on any atom is -0.481 e. The van der Waals surface area contributed by atoms with Gasteiger partial charge in [-0.05, 0) is 12.5 Å². The Bertz CT molecular complexity index is 255. The summed E-state index contributed by atoms with van der Waals surface area (Å²) in [4.78, 5) is 4.24. The van der Waals surface area contributed by atoms with Crippen molar-refractivity contribution in [2.24, 2.45) is 0 Å². The number of rotatable bonds is 4. The van der Waals surface area contributed by atoms with Crippen LogP contribution in [0.4, 0.5) is 5.69 Å². The van der Waals surface area contributed by atoms with Crippen molar-refractivity contribution in [2.45, 2.75) is 13.3 Å². The van der Waals surface area contributed by atoms with Crippen LogP contribution >= 0.6 is 0 Å². The van der Waals surface area contributed by atoms with E-state index in [-0.39, 0.29) is 0 Å². The number of aryl methyl sites for hydroxylation is 1. The Morgan fingerprint density at radius 2 is 1.93 bits per heavy atom. The predicted octanol–water partition coefficient (Wildman–Crippen LogP) is 1.70. The summed E-state index contributed by atoms with van der Waals surface area (Å²) in [5.74, 6) is 1.19. The molecule has 1 rings (SSSR count). The van der Waals surface area contributed by atoms with E-state index in [1.807, 2.05) is 13.1 Å². The lowest BCUT2D eigenvalue weighted by Gasteiger charge is -2.11. The highest BCUT2D eigenvalue weighted by Gasteiger charge is 2.10. The van der Waals surface area contributed by atoms with Gasteiger partial charge in [0.05, 0.1) is 19.9 Å². The Kier molecular flexibility index (Phi) is 3.56. The number of anilines is 1. The van der Waals surface area contributed by atoms with E-state index in [9.17, 15) is 0 Å². The molecule has 0 saturated heterocycles. The number of aromatic nitrogens is 1. The summed E-state index contributed by atoms with van der Waals surface area (Å²) in [6.07, 6.45) is 0.884. The number of pyridine rings is 1. The second kappa shape index (κ2) is 4.69. The van der Waals surface area contributed by atoms with Crippen LogP contribution in [0, 0.1) is 0 Å². The first-order chi connectivity index (χ1) is 6.76. The van der Waals surface area contributed by atoms with Crippen molar-refractivity contribution in [1.29, 1.82) is 0 Å². The quantitative estimate of drug-likeness (QED) is 0.796. The fourth-order valence-electron chi connectivity index (χ4n) is 1.29. The van der Waals surface area contributed by atoms with Gasteiger partial charge in [-0.3, -0.25) is 0 Å². The standard InChI is InChI=1S/C10H16N2O2/c1-5-7-6-8(11-2)10(14-4)12-9(7)13-3/h6,11H,5H2,1-4H3. The largest absolute Gasteiger partial charge is 0.481 e. The van der Waals surface area contributed by atoms with Crippen LogP contribution in [-0.2, 0) is 6.42 Å². The zero-order valence-electron chi connectivity index (χ0n) is 9.05. The SMILES string of the molecule is CCc1cc(NC)c(OC)nc1OC. The number of nitrogens with zero attached hydrogens (tertiary/aromatic N) is 1. The molecule has 0 saturated carbocycles. The second-order valence-corrected chi connectivity index (χ2v) is 2.82. The molecule has 0 bridgehead atoms. The molecule has 0 aliphatic rings. The average molecular weight is 196 g/mol. The molecule has 1 N–H and O–H groups in total. The van der Waals surface area contributed by atoms with Crippen molar-refractivity contribution < 1.29 is 9.47 Å². The molecule has 1 heterocycles. The van der Waals surface area contributed by atoms with Crippen LogP contribution in [0.15, 0.2) is 6.07 Å². The van der Waals surface area contributed by atoms with Gasteiger partial charge in [-0.2, -0.15) is 4.98 Å². The fourth-order valence-corrected chi connectivity index (χ4v) is 1.29. The molecule has 1 aromatic rings. The van der Waals surface area contributed by atoms with Crippen molar-refractivity contribution in [2.75, 3.05) is 26.6 Å². The molecule has 0 fully saturated rings. The van der Waals surface area contributed by atoms with Crippen molar-refractivity contribution >= 4 is 5.69 Å². The monoisotopic (exact) mass is 196 g/mol. The van der Waals surface area contributed by atoms with E-state index < -0.39 is 0 Å². The first-order valence-corrected chi connectivity index (χ1v) is 4.56. The Labute approximate surface area is 84.3 Å². The minimum absolute atomic E-state index is 0.557. The van der Waals surface area contributed by atoms with Gasteiger partial charge in [-0.25, -0.2) is 0 Å². The molecule has 0 amide bonds. The summed E-state index contributed by atoms with van der Waals surface area (Å²) < 4.78 is 10.3. The summed E-state index contributed by atoms with van der Waals surface area (Å²) in [6, 6.07) is 1.99. The Balaban J connectivity index is 3.20. The van der Waals surface area contributed by atoms with Gasteiger partial charge in [0, 0.05) is 12.6 Å². The van der Waals surface area contributed by atoms with Crippen LogP contribution in [0.5, 0.6) is 11.8 Å². The predicted molar refractivity (Wildman–Crippen MR) is 56.3 cm³/mol. The maximum atomic E-state index is 5.16. The molecular formula is C10H16N2O2.